The molecule has 2 aromatic carbocycles. The summed E-state index contributed by atoms with van der Waals surface area (Å²) in [6, 6.07) is 11.2. The average Bonchev–Trinajstić information content (AvgIpc) is 2.40. The molecule has 20 heavy (non-hydrogen) atoms. The molecule has 0 atom stereocenters. The Kier molecular flexibility index (Phi) is 3.99. The zero-order chi connectivity index (χ0) is 14.7. The first-order valence-electron chi connectivity index (χ1n) is 5.53. The minimum absolute atomic E-state index is 0.127. The number of nitro benzene ring substituents is 1. The molecule has 2 rings (SSSR count). The number of hydrogen-bond acceptors (Lipinski definition) is 4. The predicted octanol–water partition coefficient (Wildman–Crippen LogP) is 3.80. The summed E-state index contributed by atoms with van der Waals surface area (Å²) in [4.78, 5) is 21.5. The van der Waals surface area contributed by atoms with Crippen LogP contribution in [0.3, 0.4) is 0 Å². The molecule has 0 bridgehead atoms. The highest BCUT2D eigenvalue weighted by Crippen LogP contribution is 2.33. The minimum Gasteiger partial charge on any atom is -0.477 e. The van der Waals surface area contributed by atoms with Gasteiger partial charge in [-0.25, -0.2) is 4.79 Å². The first-order valence-corrected chi connectivity index (χ1v) is 6.32. The molecule has 0 amide bonds. The number of nitrogens with one attached hydrogen (secondary N) is 1. The molecule has 0 heterocycles. The average molecular weight is 337 g/mol. The second kappa shape index (κ2) is 5.70. The van der Waals surface area contributed by atoms with Crippen LogP contribution in [-0.2, 0) is 0 Å². The van der Waals surface area contributed by atoms with Gasteiger partial charge in [0, 0.05) is 4.47 Å². The van der Waals surface area contributed by atoms with E-state index in [1.54, 1.807) is 24.3 Å². The molecule has 0 fully saturated rings. The molecule has 0 aliphatic heterocycles. The van der Waals surface area contributed by atoms with Gasteiger partial charge in [0.25, 0.3) is 0 Å². The van der Waals surface area contributed by atoms with E-state index in [-0.39, 0.29) is 11.3 Å². The normalized spacial score (nSPS) is 10.1. The van der Waals surface area contributed by atoms with Crippen LogP contribution in [0.1, 0.15) is 10.4 Å². The maximum Gasteiger partial charge on any atom is 0.342 e. The molecule has 0 aromatic heterocycles. The van der Waals surface area contributed by atoms with Crippen LogP contribution >= 0.6 is 15.9 Å². The number of nitrogens with zero attached hydrogens (tertiary/aromatic N) is 1. The quantitative estimate of drug-likeness (QED) is 0.654. The molecule has 7 heteroatoms. The van der Waals surface area contributed by atoms with Crippen LogP contribution in [0.15, 0.2) is 46.9 Å². The second-order valence-corrected chi connectivity index (χ2v) is 4.72. The van der Waals surface area contributed by atoms with Crippen LogP contribution in [-0.4, -0.2) is 16.0 Å². The minimum atomic E-state index is -1.34. The number of carbonyl (C=O) groups is 1. The van der Waals surface area contributed by atoms with Crippen molar-refractivity contribution < 1.29 is 14.8 Å². The van der Waals surface area contributed by atoms with Crippen molar-refractivity contribution in [2.45, 2.75) is 0 Å². The third kappa shape index (κ3) is 2.77. The maximum atomic E-state index is 11.1. The number of para-hydroxylation sites is 2. The van der Waals surface area contributed by atoms with E-state index in [2.05, 4.69) is 21.2 Å². The Bertz CT molecular complexity index is 688. The summed E-state index contributed by atoms with van der Waals surface area (Å²) in [5.41, 5.74) is -0.0808. The molecule has 2 N–H and O–H groups in total. The lowest BCUT2D eigenvalue weighted by molar-refractivity contribution is -0.384. The van der Waals surface area contributed by atoms with E-state index < -0.39 is 16.6 Å². The third-order valence-corrected chi connectivity index (χ3v) is 3.28. The first kappa shape index (κ1) is 14.0. The van der Waals surface area contributed by atoms with Gasteiger partial charge >= 0.3 is 11.7 Å². The number of halogens is 1. The summed E-state index contributed by atoms with van der Waals surface area (Å²) >= 11 is 3.31. The fourth-order valence-electron chi connectivity index (χ4n) is 1.72. The summed E-state index contributed by atoms with van der Waals surface area (Å²) in [5.74, 6) is -1.34. The van der Waals surface area contributed by atoms with Crippen LogP contribution in [0.25, 0.3) is 0 Å². The molecule has 0 spiro atoms. The molecule has 2 aromatic rings. The number of aromatic carboxylic acids is 1. The zero-order valence-electron chi connectivity index (χ0n) is 10.0. The Morgan fingerprint density at radius 1 is 1.15 bits per heavy atom. The molecular weight excluding hydrogens is 328 g/mol. The van der Waals surface area contributed by atoms with E-state index in [4.69, 9.17) is 5.11 Å². The van der Waals surface area contributed by atoms with E-state index in [1.807, 2.05) is 0 Å². The molecule has 0 radical (unpaired) electrons. The molecule has 0 unspecified atom stereocenters. The summed E-state index contributed by atoms with van der Waals surface area (Å²) < 4.78 is 0.718. The Morgan fingerprint density at radius 3 is 2.40 bits per heavy atom. The van der Waals surface area contributed by atoms with Gasteiger partial charge in [0.2, 0.25) is 0 Å². The van der Waals surface area contributed by atoms with E-state index >= 15 is 0 Å². The van der Waals surface area contributed by atoms with E-state index in [0.29, 0.717) is 5.69 Å². The highest BCUT2D eigenvalue weighted by Gasteiger charge is 2.24. The number of anilines is 2. The van der Waals surface area contributed by atoms with Crippen molar-refractivity contribution in [1.29, 1.82) is 0 Å². The molecule has 0 saturated heterocycles. The number of rotatable bonds is 4. The van der Waals surface area contributed by atoms with Gasteiger partial charge in [-0.2, -0.15) is 0 Å². The lowest BCUT2D eigenvalue weighted by Gasteiger charge is -2.10. The standard InChI is InChI=1S/C13H9BrN2O4/c14-9-5-1-2-6-10(9)15-11-7-3-4-8(13(17)18)12(11)16(19)20/h1-7,15H,(H,17,18). The van der Waals surface area contributed by atoms with Crippen molar-refractivity contribution in [3.05, 3.63) is 62.6 Å². The monoisotopic (exact) mass is 336 g/mol. The number of carboxylic acid groups (broad SMARTS) is 1. The highest BCUT2D eigenvalue weighted by atomic mass is 79.9. The predicted molar refractivity (Wildman–Crippen MR) is 77.5 cm³/mol. The number of hydrogen-bond donors (Lipinski definition) is 2. The van der Waals surface area contributed by atoms with Gasteiger partial charge in [0.15, 0.2) is 0 Å². The third-order valence-electron chi connectivity index (χ3n) is 2.59. The maximum absolute atomic E-state index is 11.1. The van der Waals surface area contributed by atoms with Crippen LogP contribution < -0.4 is 5.32 Å². The molecule has 0 aliphatic rings. The molecule has 0 aliphatic carbocycles. The van der Waals surface area contributed by atoms with Crippen molar-refractivity contribution in [3.8, 4) is 0 Å². The SMILES string of the molecule is O=C(O)c1cccc(Nc2ccccc2Br)c1[N+](=O)[O-]. The van der Waals surface area contributed by atoms with Gasteiger partial charge in [-0.3, -0.25) is 10.1 Å². The van der Waals surface area contributed by atoms with Crippen molar-refractivity contribution in [2.75, 3.05) is 5.32 Å². The van der Waals surface area contributed by atoms with Crippen LogP contribution in [0.5, 0.6) is 0 Å². The van der Waals surface area contributed by atoms with E-state index in [9.17, 15) is 14.9 Å². The van der Waals surface area contributed by atoms with Gasteiger partial charge < -0.3 is 10.4 Å². The summed E-state index contributed by atoms with van der Waals surface area (Å²) in [5, 5.41) is 23.0. The zero-order valence-corrected chi connectivity index (χ0v) is 11.6. The Labute approximate surface area is 122 Å². The molecule has 0 saturated carbocycles. The lowest BCUT2D eigenvalue weighted by Crippen LogP contribution is -2.05. The Hall–Kier alpha value is -2.41. The van der Waals surface area contributed by atoms with Crippen molar-refractivity contribution >= 4 is 39.0 Å². The van der Waals surface area contributed by atoms with Crippen LogP contribution in [0.2, 0.25) is 0 Å². The van der Waals surface area contributed by atoms with Crippen molar-refractivity contribution in [3.63, 3.8) is 0 Å². The topological polar surface area (TPSA) is 92.5 Å². The van der Waals surface area contributed by atoms with Gasteiger partial charge in [0.1, 0.15) is 11.3 Å². The fourth-order valence-corrected chi connectivity index (χ4v) is 2.11. The molecule has 102 valence electrons. The van der Waals surface area contributed by atoms with E-state index in [1.165, 1.54) is 18.2 Å². The smallest absolute Gasteiger partial charge is 0.342 e. The van der Waals surface area contributed by atoms with Gasteiger partial charge in [0.05, 0.1) is 10.6 Å². The largest absolute Gasteiger partial charge is 0.477 e. The van der Waals surface area contributed by atoms with Crippen LogP contribution in [0, 0.1) is 10.1 Å². The van der Waals surface area contributed by atoms with Gasteiger partial charge in [-0.15, -0.1) is 0 Å². The molecule has 6 nitrogen and oxygen atoms in total. The first-order chi connectivity index (χ1) is 9.50. The van der Waals surface area contributed by atoms with E-state index in [0.717, 1.165) is 4.47 Å². The van der Waals surface area contributed by atoms with Gasteiger partial charge in [-0.05, 0) is 40.2 Å². The van der Waals surface area contributed by atoms with Crippen molar-refractivity contribution in [2.24, 2.45) is 0 Å². The summed E-state index contributed by atoms with van der Waals surface area (Å²) in [6.45, 7) is 0. The van der Waals surface area contributed by atoms with Gasteiger partial charge in [-0.1, -0.05) is 18.2 Å². The lowest BCUT2D eigenvalue weighted by atomic mass is 10.1. The summed E-state index contributed by atoms with van der Waals surface area (Å²) in [7, 11) is 0. The Balaban J connectivity index is 2.52. The fraction of sp³-hybridized carbons (Fsp3) is 0. The Morgan fingerprint density at radius 2 is 1.80 bits per heavy atom. The second-order valence-electron chi connectivity index (χ2n) is 3.87. The van der Waals surface area contributed by atoms with Crippen molar-refractivity contribution in [1.82, 2.24) is 0 Å². The highest BCUT2D eigenvalue weighted by molar-refractivity contribution is 9.10. The number of carboxylic acids is 1. The molecular formula is C13H9BrN2O4. The summed E-state index contributed by atoms with van der Waals surface area (Å²) in [6.07, 6.45) is 0. The number of benzene rings is 2. The van der Waals surface area contributed by atoms with Crippen LogP contribution in [0.4, 0.5) is 17.1 Å². The number of nitro groups is 1.